The second kappa shape index (κ2) is 6.77. The normalized spacial score (nSPS) is 18.6. The van der Waals surface area contributed by atoms with Gasteiger partial charge in [-0.15, -0.1) is 0 Å². The van der Waals surface area contributed by atoms with Gasteiger partial charge in [-0.1, -0.05) is 18.2 Å². The summed E-state index contributed by atoms with van der Waals surface area (Å²) in [6, 6.07) is 9.53. The minimum atomic E-state index is -2.98. The Kier molecular flexibility index (Phi) is 4.53. The Morgan fingerprint density at radius 3 is 2.75 bits per heavy atom. The number of carbonyl (C=O) groups excluding carboxylic acids is 1. The molecular formula is C20H24N4O3S. The fourth-order valence-corrected chi connectivity index (χ4v) is 5.64. The largest absolute Gasteiger partial charge is 0.351 e. The highest BCUT2D eigenvalue weighted by molar-refractivity contribution is 7.91. The van der Waals surface area contributed by atoms with Gasteiger partial charge in [0.1, 0.15) is 5.69 Å². The van der Waals surface area contributed by atoms with Gasteiger partial charge < -0.3 is 9.88 Å². The quantitative estimate of drug-likeness (QED) is 0.729. The van der Waals surface area contributed by atoms with Crippen molar-refractivity contribution in [2.24, 2.45) is 0 Å². The molecule has 3 aromatic rings. The lowest BCUT2D eigenvalue weighted by Gasteiger charge is -2.17. The number of nitrogens with zero attached hydrogens (tertiary/aromatic N) is 3. The van der Waals surface area contributed by atoms with Gasteiger partial charge >= 0.3 is 0 Å². The molecule has 1 N–H and O–H groups in total. The molecule has 0 spiro atoms. The summed E-state index contributed by atoms with van der Waals surface area (Å²) in [5, 5.41) is 5.59. The van der Waals surface area contributed by atoms with Gasteiger partial charge in [0.15, 0.2) is 9.84 Å². The monoisotopic (exact) mass is 400 g/mol. The molecule has 1 saturated heterocycles. The molecule has 0 unspecified atom stereocenters. The molecule has 0 radical (unpaired) electrons. The minimum Gasteiger partial charge on any atom is -0.351 e. The molecule has 1 aromatic carbocycles. The van der Waals surface area contributed by atoms with Crippen molar-refractivity contribution in [2.45, 2.75) is 32.9 Å². The van der Waals surface area contributed by atoms with Crippen molar-refractivity contribution in [1.82, 2.24) is 19.7 Å². The number of amides is 1. The molecule has 4 rings (SSSR count). The molecule has 0 saturated carbocycles. The molecule has 3 heterocycles. The van der Waals surface area contributed by atoms with E-state index in [1.165, 1.54) is 0 Å². The van der Waals surface area contributed by atoms with E-state index in [-0.39, 0.29) is 23.5 Å². The summed E-state index contributed by atoms with van der Waals surface area (Å²) in [5.41, 5.74) is 4.21. The molecule has 1 fully saturated rings. The van der Waals surface area contributed by atoms with Crippen LogP contribution in [-0.2, 0) is 16.4 Å². The van der Waals surface area contributed by atoms with E-state index in [0.717, 1.165) is 27.9 Å². The Bertz CT molecular complexity index is 1130. The maximum absolute atomic E-state index is 12.9. The van der Waals surface area contributed by atoms with Crippen LogP contribution in [-0.4, -0.2) is 52.5 Å². The number of para-hydroxylation sites is 1. The van der Waals surface area contributed by atoms with Gasteiger partial charge in [-0.2, -0.15) is 5.10 Å². The number of aryl methyl sites for hydroxylation is 1. The topological polar surface area (TPSA) is 88.1 Å². The third kappa shape index (κ3) is 3.32. The molecule has 148 valence electrons. The smallest absolute Gasteiger partial charge is 0.270 e. The van der Waals surface area contributed by atoms with Crippen LogP contribution in [0.2, 0.25) is 0 Å². The van der Waals surface area contributed by atoms with Crippen molar-refractivity contribution in [3.05, 3.63) is 53.0 Å². The highest BCUT2D eigenvalue weighted by Crippen LogP contribution is 2.27. The Hall–Kier alpha value is -2.61. The highest BCUT2D eigenvalue weighted by atomic mass is 32.2. The average molecular weight is 401 g/mol. The van der Waals surface area contributed by atoms with Crippen LogP contribution in [0.4, 0.5) is 0 Å². The second-order valence-electron chi connectivity index (χ2n) is 7.58. The second-order valence-corrected chi connectivity index (χ2v) is 9.81. The summed E-state index contributed by atoms with van der Waals surface area (Å²) in [4.78, 5) is 17.7. The lowest BCUT2D eigenvalue weighted by molar-refractivity contribution is 0.0780. The van der Waals surface area contributed by atoms with Gasteiger partial charge in [0.05, 0.1) is 23.2 Å². The molecule has 1 aliphatic rings. The van der Waals surface area contributed by atoms with E-state index in [1.54, 1.807) is 11.9 Å². The van der Waals surface area contributed by atoms with Crippen LogP contribution in [0.5, 0.6) is 0 Å². The summed E-state index contributed by atoms with van der Waals surface area (Å²) in [7, 11) is -1.21. The summed E-state index contributed by atoms with van der Waals surface area (Å²) in [6.45, 7) is 4.27. The molecule has 0 aliphatic carbocycles. The SMILES string of the molecule is Cc1nn([C@@H]2CCS(=O)(=O)C2)c(C)c1CN(C)C(=O)c1cc2ccccc2[nH]1. The van der Waals surface area contributed by atoms with Gasteiger partial charge in [-0.25, -0.2) is 8.42 Å². The van der Waals surface area contributed by atoms with E-state index in [2.05, 4.69) is 10.1 Å². The third-order valence-electron chi connectivity index (χ3n) is 5.53. The summed E-state index contributed by atoms with van der Waals surface area (Å²) < 4.78 is 25.5. The van der Waals surface area contributed by atoms with E-state index in [0.29, 0.717) is 18.7 Å². The minimum absolute atomic E-state index is 0.0915. The summed E-state index contributed by atoms with van der Waals surface area (Å²) in [6.07, 6.45) is 0.591. The zero-order chi connectivity index (χ0) is 20.1. The average Bonchev–Trinajstić information content (AvgIpc) is 3.32. The number of aromatic amines is 1. The predicted molar refractivity (Wildman–Crippen MR) is 108 cm³/mol. The number of nitrogens with one attached hydrogen (secondary N) is 1. The third-order valence-corrected chi connectivity index (χ3v) is 7.28. The molecule has 2 aromatic heterocycles. The molecular weight excluding hydrogens is 376 g/mol. The van der Waals surface area contributed by atoms with Crippen molar-refractivity contribution in [3.8, 4) is 0 Å². The zero-order valence-electron chi connectivity index (χ0n) is 16.3. The van der Waals surface area contributed by atoms with E-state index in [1.807, 2.05) is 48.9 Å². The molecule has 8 heteroatoms. The number of hydrogen-bond acceptors (Lipinski definition) is 4. The van der Waals surface area contributed by atoms with Crippen LogP contribution in [0.3, 0.4) is 0 Å². The van der Waals surface area contributed by atoms with Gasteiger partial charge in [0.25, 0.3) is 5.91 Å². The van der Waals surface area contributed by atoms with E-state index in [9.17, 15) is 13.2 Å². The number of hydrogen-bond donors (Lipinski definition) is 1. The number of rotatable bonds is 4. The van der Waals surface area contributed by atoms with Crippen LogP contribution < -0.4 is 0 Å². The van der Waals surface area contributed by atoms with Crippen molar-refractivity contribution in [3.63, 3.8) is 0 Å². The van der Waals surface area contributed by atoms with E-state index in [4.69, 9.17) is 0 Å². The predicted octanol–water partition coefficient (Wildman–Crippen LogP) is 2.61. The highest BCUT2D eigenvalue weighted by Gasteiger charge is 2.31. The number of benzene rings is 1. The lowest BCUT2D eigenvalue weighted by atomic mass is 10.1. The van der Waals surface area contributed by atoms with Gasteiger partial charge in [0, 0.05) is 35.8 Å². The Labute approximate surface area is 164 Å². The van der Waals surface area contributed by atoms with Crippen LogP contribution in [0.25, 0.3) is 10.9 Å². The van der Waals surface area contributed by atoms with Crippen molar-refractivity contribution in [2.75, 3.05) is 18.6 Å². The Morgan fingerprint density at radius 1 is 1.32 bits per heavy atom. The fraction of sp³-hybridized carbons (Fsp3) is 0.400. The lowest BCUT2D eigenvalue weighted by Crippen LogP contribution is -2.27. The first-order chi connectivity index (χ1) is 13.2. The molecule has 7 nitrogen and oxygen atoms in total. The molecule has 1 amide bonds. The van der Waals surface area contributed by atoms with Crippen LogP contribution in [0, 0.1) is 13.8 Å². The maximum Gasteiger partial charge on any atom is 0.270 e. The zero-order valence-corrected chi connectivity index (χ0v) is 17.1. The van der Waals surface area contributed by atoms with E-state index >= 15 is 0 Å². The van der Waals surface area contributed by atoms with Crippen LogP contribution >= 0.6 is 0 Å². The number of aromatic nitrogens is 3. The molecule has 0 bridgehead atoms. The number of sulfone groups is 1. The number of fused-ring (bicyclic) bond motifs is 1. The molecule has 1 atom stereocenters. The first kappa shape index (κ1) is 18.7. The van der Waals surface area contributed by atoms with Crippen molar-refractivity contribution < 1.29 is 13.2 Å². The maximum atomic E-state index is 12.9. The van der Waals surface area contributed by atoms with Crippen molar-refractivity contribution in [1.29, 1.82) is 0 Å². The Morgan fingerprint density at radius 2 is 2.07 bits per heavy atom. The van der Waals surface area contributed by atoms with Gasteiger partial charge in [-0.05, 0) is 32.4 Å². The van der Waals surface area contributed by atoms with Gasteiger partial charge in [-0.3, -0.25) is 9.48 Å². The van der Waals surface area contributed by atoms with Crippen LogP contribution in [0.15, 0.2) is 30.3 Å². The van der Waals surface area contributed by atoms with E-state index < -0.39 is 9.84 Å². The first-order valence-corrected chi connectivity index (χ1v) is 11.2. The summed E-state index contributed by atoms with van der Waals surface area (Å²) in [5.74, 6) is 0.258. The first-order valence-electron chi connectivity index (χ1n) is 9.33. The summed E-state index contributed by atoms with van der Waals surface area (Å²) >= 11 is 0. The number of carbonyl (C=O) groups is 1. The molecule has 28 heavy (non-hydrogen) atoms. The Balaban J connectivity index is 1.56. The standard InChI is InChI=1S/C20H24N4O3S/c1-13-17(14(2)24(22-13)16-8-9-28(26,27)12-16)11-23(3)20(25)19-10-15-6-4-5-7-18(15)21-19/h4-7,10,16,21H,8-9,11-12H2,1-3H3/t16-/m1/s1. The van der Waals surface area contributed by atoms with Crippen LogP contribution in [0.1, 0.15) is 39.9 Å². The number of H-pyrrole nitrogens is 1. The van der Waals surface area contributed by atoms with Gasteiger partial charge in [0.2, 0.25) is 0 Å². The fourth-order valence-electron chi connectivity index (χ4n) is 3.95. The van der Waals surface area contributed by atoms with Crippen molar-refractivity contribution >= 4 is 26.6 Å². The molecule has 1 aliphatic heterocycles.